The minimum atomic E-state index is -4.52. The van der Waals surface area contributed by atoms with Crippen molar-refractivity contribution >= 4 is 12.1 Å². The summed E-state index contributed by atoms with van der Waals surface area (Å²) >= 11 is 0. The molecule has 1 aliphatic rings. The number of amides is 1. The molecule has 0 saturated heterocycles. The molecule has 0 aromatic heterocycles. The number of carboxylic acid groups (broad SMARTS) is 1. The lowest BCUT2D eigenvalue weighted by Crippen LogP contribution is -2.39. The minimum Gasteiger partial charge on any atom is -0.481 e. The van der Waals surface area contributed by atoms with Crippen LogP contribution >= 0.6 is 0 Å². The van der Waals surface area contributed by atoms with Crippen molar-refractivity contribution in [3.8, 4) is 11.1 Å². The first-order valence-electron chi connectivity index (χ1n) is 10.7. The molecule has 0 spiro atoms. The lowest BCUT2D eigenvalue weighted by molar-refractivity contribution is -0.138. The first kappa shape index (κ1) is 23.4. The third-order valence-corrected chi connectivity index (χ3v) is 5.82. The van der Waals surface area contributed by atoms with Crippen LogP contribution in [0.2, 0.25) is 0 Å². The van der Waals surface area contributed by atoms with Crippen LogP contribution in [0.1, 0.15) is 34.6 Å². The molecule has 34 heavy (non-hydrogen) atoms. The summed E-state index contributed by atoms with van der Waals surface area (Å²) in [5.41, 5.74) is 3.63. The number of hydrogen-bond acceptors (Lipinski definition) is 3. The topological polar surface area (TPSA) is 75.6 Å². The van der Waals surface area contributed by atoms with E-state index in [4.69, 9.17) is 4.74 Å². The largest absolute Gasteiger partial charge is 0.481 e. The standard InChI is InChI=1S/C26H22F3NO4/c27-26(28,29)17-7-5-6-16(12-17)13-18(14-24(31)32)30-25(33)34-15-23-21-10-3-1-8-19(21)20-9-2-4-11-22(20)23/h1-12,18,23H,13-15H2,(H,30,33)(H,31,32)/t18-/m1/s1. The maximum atomic E-state index is 13.0. The van der Waals surface area contributed by atoms with Gasteiger partial charge in [0.05, 0.1) is 12.0 Å². The van der Waals surface area contributed by atoms with Gasteiger partial charge in [-0.15, -0.1) is 0 Å². The number of alkyl halides is 3. The number of halogens is 3. The molecule has 0 fully saturated rings. The average Bonchev–Trinajstić information content (AvgIpc) is 3.11. The molecule has 0 bridgehead atoms. The van der Waals surface area contributed by atoms with E-state index in [1.807, 2.05) is 48.5 Å². The lowest BCUT2D eigenvalue weighted by Gasteiger charge is -2.19. The fourth-order valence-electron chi connectivity index (χ4n) is 4.35. The second-order valence-electron chi connectivity index (χ2n) is 8.17. The van der Waals surface area contributed by atoms with Crippen LogP contribution in [0.25, 0.3) is 11.1 Å². The average molecular weight is 469 g/mol. The summed E-state index contributed by atoms with van der Waals surface area (Å²) in [5.74, 6) is -1.35. The van der Waals surface area contributed by atoms with Crippen molar-refractivity contribution in [2.75, 3.05) is 6.61 Å². The Kier molecular flexibility index (Phi) is 6.58. The van der Waals surface area contributed by atoms with Gasteiger partial charge in [-0.3, -0.25) is 4.79 Å². The highest BCUT2D eigenvalue weighted by Crippen LogP contribution is 2.44. The fourth-order valence-corrected chi connectivity index (χ4v) is 4.35. The van der Waals surface area contributed by atoms with Crippen molar-refractivity contribution in [1.82, 2.24) is 5.32 Å². The van der Waals surface area contributed by atoms with Crippen molar-refractivity contribution in [2.45, 2.75) is 31.0 Å². The molecule has 4 rings (SSSR count). The number of carboxylic acids is 1. The predicted octanol–water partition coefficient (Wildman–Crippen LogP) is 5.63. The summed E-state index contributed by atoms with van der Waals surface area (Å²) < 4.78 is 44.4. The highest BCUT2D eigenvalue weighted by molar-refractivity contribution is 5.79. The number of aliphatic carboxylic acids is 1. The Bertz CT molecular complexity index is 1160. The highest BCUT2D eigenvalue weighted by Gasteiger charge is 2.31. The van der Waals surface area contributed by atoms with E-state index in [1.165, 1.54) is 12.1 Å². The zero-order valence-electron chi connectivity index (χ0n) is 18.0. The summed E-state index contributed by atoms with van der Waals surface area (Å²) in [6, 6.07) is 19.3. The van der Waals surface area contributed by atoms with E-state index in [1.54, 1.807) is 0 Å². The first-order chi connectivity index (χ1) is 16.2. The van der Waals surface area contributed by atoms with Crippen LogP contribution in [-0.2, 0) is 22.1 Å². The number of rotatable bonds is 7. The van der Waals surface area contributed by atoms with Gasteiger partial charge in [-0.1, -0.05) is 66.7 Å². The fraction of sp³-hybridized carbons (Fsp3) is 0.231. The molecule has 0 radical (unpaired) electrons. The molecule has 0 heterocycles. The number of nitrogens with one attached hydrogen (secondary N) is 1. The van der Waals surface area contributed by atoms with Crippen LogP contribution in [0.5, 0.6) is 0 Å². The molecule has 0 saturated carbocycles. The second-order valence-corrected chi connectivity index (χ2v) is 8.17. The van der Waals surface area contributed by atoms with Gasteiger partial charge in [0.25, 0.3) is 0 Å². The maximum absolute atomic E-state index is 13.0. The predicted molar refractivity (Wildman–Crippen MR) is 119 cm³/mol. The number of hydrogen-bond donors (Lipinski definition) is 2. The Morgan fingerprint density at radius 1 is 0.941 bits per heavy atom. The third kappa shape index (κ3) is 5.22. The van der Waals surface area contributed by atoms with E-state index in [0.717, 1.165) is 34.4 Å². The van der Waals surface area contributed by atoms with Crippen molar-refractivity contribution < 1.29 is 32.6 Å². The molecule has 3 aromatic carbocycles. The van der Waals surface area contributed by atoms with Gasteiger partial charge in [0.1, 0.15) is 6.61 Å². The second kappa shape index (κ2) is 9.59. The van der Waals surface area contributed by atoms with Gasteiger partial charge in [0, 0.05) is 12.0 Å². The van der Waals surface area contributed by atoms with Crippen LogP contribution in [0, 0.1) is 0 Å². The van der Waals surface area contributed by atoms with Gasteiger partial charge in [-0.05, 0) is 40.3 Å². The Balaban J connectivity index is 1.44. The monoisotopic (exact) mass is 469 g/mol. The molecule has 3 aromatic rings. The Morgan fingerprint density at radius 3 is 2.15 bits per heavy atom. The Morgan fingerprint density at radius 2 is 1.56 bits per heavy atom. The molecular formula is C26H22F3NO4. The molecular weight excluding hydrogens is 447 g/mol. The number of carbonyl (C=O) groups excluding carboxylic acids is 1. The van der Waals surface area contributed by atoms with Gasteiger partial charge >= 0.3 is 18.2 Å². The summed E-state index contributed by atoms with van der Waals surface area (Å²) in [7, 11) is 0. The quantitative estimate of drug-likeness (QED) is 0.470. The van der Waals surface area contributed by atoms with E-state index in [9.17, 15) is 27.9 Å². The molecule has 0 unspecified atom stereocenters. The van der Waals surface area contributed by atoms with E-state index < -0.39 is 36.3 Å². The van der Waals surface area contributed by atoms with E-state index in [2.05, 4.69) is 5.32 Å². The van der Waals surface area contributed by atoms with E-state index in [-0.39, 0.29) is 24.5 Å². The summed E-state index contributed by atoms with van der Waals surface area (Å²) in [4.78, 5) is 23.8. The minimum absolute atomic E-state index is 0.0449. The normalized spacial score (nSPS) is 13.6. The van der Waals surface area contributed by atoms with Gasteiger partial charge < -0.3 is 15.2 Å². The number of benzene rings is 3. The van der Waals surface area contributed by atoms with Crippen molar-refractivity contribution in [1.29, 1.82) is 0 Å². The molecule has 1 aliphatic carbocycles. The SMILES string of the molecule is O=C(O)C[C@@H](Cc1cccc(C(F)(F)F)c1)NC(=O)OCC1c2ccccc2-c2ccccc21. The van der Waals surface area contributed by atoms with Crippen LogP contribution in [0.15, 0.2) is 72.8 Å². The molecule has 5 nitrogen and oxygen atoms in total. The van der Waals surface area contributed by atoms with Crippen LogP contribution in [0.3, 0.4) is 0 Å². The van der Waals surface area contributed by atoms with Gasteiger partial charge in [-0.25, -0.2) is 4.79 Å². The van der Waals surface area contributed by atoms with Crippen LogP contribution in [-0.4, -0.2) is 29.8 Å². The van der Waals surface area contributed by atoms with Crippen molar-refractivity contribution in [3.63, 3.8) is 0 Å². The smallest absolute Gasteiger partial charge is 0.416 e. The first-order valence-corrected chi connectivity index (χ1v) is 10.7. The molecule has 0 aliphatic heterocycles. The molecule has 176 valence electrons. The van der Waals surface area contributed by atoms with Crippen molar-refractivity contribution in [3.05, 3.63) is 95.1 Å². The molecule has 1 atom stereocenters. The summed E-state index contributed by atoms with van der Waals surface area (Å²) in [5, 5.41) is 11.7. The Hall–Kier alpha value is -3.81. The molecule has 2 N–H and O–H groups in total. The molecule has 1 amide bonds. The van der Waals surface area contributed by atoms with Gasteiger partial charge in [-0.2, -0.15) is 13.2 Å². The summed E-state index contributed by atoms with van der Waals surface area (Å²) in [6.45, 7) is 0.0449. The number of fused-ring (bicyclic) bond motifs is 3. The lowest BCUT2D eigenvalue weighted by atomic mass is 9.98. The van der Waals surface area contributed by atoms with Crippen LogP contribution in [0.4, 0.5) is 18.0 Å². The zero-order chi connectivity index (χ0) is 24.3. The maximum Gasteiger partial charge on any atom is 0.416 e. The van der Waals surface area contributed by atoms with Crippen LogP contribution < -0.4 is 5.32 Å². The highest BCUT2D eigenvalue weighted by atomic mass is 19.4. The number of alkyl carbamates (subject to hydrolysis) is 1. The number of ether oxygens (including phenoxy) is 1. The Labute approximate surface area is 194 Å². The van der Waals surface area contributed by atoms with E-state index in [0.29, 0.717) is 0 Å². The van der Waals surface area contributed by atoms with Gasteiger partial charge in [0.15, 0.2) is 0 Å². The van der Waals surface area contributed by atoms with E-state index >= 15 is 0 Å². The third-order valence-electron chi connectivity index (χ3n) is 5.82. The molecule has 8 heteroatoms. The van der Waals surface area contributed by atoms with Gasteiger partial charge in [0.2, 0.25) is 0 Å². The summed E-state index contributed by atoms with van der Waals surface area (Å²) in [6.07, 6.45) is -5.88. The van der Waals surface area contributed by atoms with Crippen molar-refractivity contribution in [2.24, 2.45) is 0 Å². The number of carbonyl (C=O) groups is 2. The zero-order valence-corrected chi connectivity index (χ0v) is 18.0.